The van der Waals surface area contributed by atoms with Crippen LogP contribution >= 0.6 is 11.8 Å². The molecule has 2 aromatic rings. The molecule has 44 heavy (non-hydrogen) atoms. The molecule has 0 saturated carbocycles. The quantitative estimate of drug-likeness (QED) is 0.331. The zero-order valence-electron chi connectivity index (χ0n) is 25.4. The predicted octanol–water partition coefficient (Wildman–Crippen LogP) is 5.21. The first-order chi connectivity index (χ1) is 21.3. The summed E-state index contributed by atoms with van der Waals surface area (Å²) < 4.78 is 22.3. The molecule has 1 saturated heterocycles. The third kappa shape index (κ3) is 6.62. The summed E-state index contributed by atoms with van der Waals surface area (Å²) in [6, 6.07) is 14.2. The maximum Gasteiger partial charge on any atom is 0.338 e. The molecule has 3 aliphatic rings. The number of carbonyl (C=O) groups excluding carboxylic acids is 3. The van der Waals surface area contributed by atoms with Crippen LogP contribution in [-0.4, -0.2) is 66.7 Å². The summed E-state index contributed by atoms with van der Waals surface area (Å²) in [6.07, 6.45) is 1.49. The Labute approximate surface area is 261 Å². The number of fused-ring (bicyclic) bond motifs is 1. The number of amides is 1. The van der Waals surface area contributed by atoms with E-state index < -0.39 is 12.0 Å². The summed E-state index contributed by atoms with van der Waals surface area (Å²) in [4.78, 5) is 48.3. The molecule has 0 radical (unpaired) electrons. The van der Waals surface area contributed by atoms with Crippen LogP contribution in [0.15, 0.2) is 75.9 Å². The van der Waals surface area contributed by atoms with E-state index in [0.29, 0.717) is 65.3 Å². The number of rotatable bonds is 10. The lowest BCUT2D eigenvalue weighted by molar-refractivity contribution is -0.151. The van der Waals surface area contributed by atoms with Crippen molar-refractivity contribution in [2.45, 2.75) is 45.8 Å². The second-order valence-corrected chi connectivity index (χ2v) is 11.5. The van der Waals surface area contributed by atoms with Crippen molar-refractivity contribution >= 4 is 34.8 Å². The fourth-order valence-corrected chi connectivity index (χ4v) is 6.66. The van der Waals surface area contributed by atoms with Crippen molar-refractivity contribution in [3.63, 3.8) is 0 Å². The summed E-state index contributed by atoms with van der Waals surface area (Å²) >= 11 is 1.40. The molecule has 1 fully saturated rings. The van der Waals surface area contributed by atoms with Crippen LogP contribution in [0, 0.1) is 5.92 Å². The molecule has 1 amide bonds. The van der Waals surface area contributed by atoms with Crippen LogP contribution in [0.3, 0.4) is 0 Å². The number of thioether (sulfide) groups is 1. The van der Waals surface area contributed by atoms with E-state index in [-0.39, 0.29) is 30.8 Å². The van der Waals surface area contributed by atoms with Crippen LogP contribution in [-0.2, 0) is 30.5 Å². The zero-order valence-corrected chi connectivity index (χ0v) is 26.2. The minimum atomic E-state index is -0.672. The Balaban J connectivity index is 1.45. The van der Waals surface area contributed by atoms with Gasteiger partial charge in [-0.3, -0.25) is 9.59 Å². The van der Waals surface area contributed by atoms with E-state index in [2.05, 4.69) is 0 Å². The highest BCUT2D eigenvalue weighted by Crippen LogP contribution is 2.47. The fourth-order valence-electron chi connectivity index (χ4n) is 5.69. The second kappa shape index (κ2) is 14.0. The van der Waals surface area contributed by atoms with Crippen molar-refractivity contribution < 1.29 is 33.3 Å². The Kier molecular flexibility index (Phi) is 9.94. The first kappa shape index (κ1) is 31.2. The third-order valence-electron chi connectivity index (χ3n) is 7.89. The van der Waals surface area contributed by atoms with E-state index in [1.807, 2.05) is 52.8 Å². The van der Waals surface area contributed by atoms with Gasteiger partial charge in [-0.25, -0.2) is 9.79 Å². The van der Waals surface area contributed by atoms with Crippen molar-refractivity contribution in [3.05, 3.63) is 82.0 Å². The number of methoxy groups -OCH3 is 2. The fraction of sp³-hybridized carbons (Fsp3) is 0.394. The Morgan fingerprint density at radius 1 is 1.05 bits per heavy atom. The number of hydrogen-bond acceptors (Lipinski definition) is 10. The summed E-state index contributed by atoms with van der Waals surface area (Å²) in [5.41, 5.74) is 3.14. The number of allylic oxidation sites excluding steroid dienone is 1. The van der Waals surface area contributed by atoms with Gasteiger partial charge >= 0.3 is 11.9 Å². The highest BCUT2D eigenvalue weighted by molar-refractivity contribution is 8.16. The smallest absolute Gasteiger partial charge is 0.338 e. The van der Waals surface area contributed by atoms with E-state index in [4.69, 9.17) is 23.9 Å². The van der Waals surface area contributed by atoms with Gasteiger partial charge in [-0.05, 0) is 49.8 Å². The van der Waals surface area contributed by atoms with Gasteiger partial charge in [0.2, 0.25) is 5.91 Å². The maximum absolute atomic E-state index is 13.8. The lowest BCUT2D eigenvalue weighted by Crippen LogP contribution is -2.44. The average molecular weight is 620 g/mol. The number of benzene rings is 2. The van der Waals surface area contributed by atoms with Gasteiger partial charge in [-0.2, -0.15) is 0 Å². The van der Waals surface area contributed by atoms with Crippen molar-refractivity contribution in [2.24, 2.45) is 10.9 Å². The van der Waals surface area contributed by atoms with E-state index in [1.165, 1.54) is 11.8 Å². The molecule has 0 N–H and O–H groups in total. The molecule has 3 aliphatic heterocycles. The minimum Gasteiger partial charge on any atom is -0.497 e. The van der Waals surface area contributed by atoms with E-state index >= 15 is 0 Å². The van der Waals surface area contributed by atoms with Gasteiger partial charge in [0, 0.05) is 30.4 Å². The zero-order chi connectivity index (χ0) is 31.2. The molecule has 0 bridgehead atoms. The number of likely N-dealkylation sites (tertiary alicyclic amines) is 1. The van der Waals surface area contributed by atoms with E-state index in [0.717, 1.165) is 12.0 Å². The van der Waals surface area contributed by atoms with Crippen LogP contribution < -0.4 is 9.47 Å². The highest BCUT2D eigenvalue weighted by atomic mass is 32.2. The van der Waals surface area contributed by atoms with Crippen LogP contribution in [0.2, 0.25) is 0 Å². The van der Waals surface area contributed by atoms with Crippen LogP contribution in [0.25, 0.3) is 0 Å². The maximum atomic E-state index is 13.8. The molecule has 0 aromatic heterocycles. The van der Waals surface area contributed by atoms with Crippen LogP contribution in [0.5, 0.6) is 11.5 Å². The number of nitrogens with zero attached hydrogens (tertiary/aromatic N) is 3. The van der Waals surface area contributed by atoms with Gasteiger partial charge in [0.15, 0.2) is 5.17 Å². The summed E-state index contributed by atoms with van der Waals surface area (Å²) in [6.45, 7) is 4.88. The number of ether oxygens (including phenoxy) is 4. The number of amidine groups is 1. The van der Waals surface area contributed by atoms with Gasteiger partial charge in [0.05, 0.1) is 50.5 Å². The Morgan fingerprint density at radius 3 is 2.57 bits per heavy atom. The van der Waals surface area contributed by atoms with Crippen LogP contribution in [0.1, 0.15) is 50.3 Å². The molecule has 2 aromatic carbocycles. The van der Waals surface area contributed by atoms with Gasteiger partial charge in [-0.1, -0.05) is 42.1 Å². The standard InChI is InChI=1S/C33H37N3O7S/c1-5-42-31(38)23-12-9-15-35(18-23)28(37)16-24-20-44-33-34-21(2)29(32(39)43-19-22-10-7-6-8-11-22)30(36(24)33)26-14-13-25(40-3)17-27(26)41-4/h6-8,10-11,13-14,17,20,23,30H,5,9,12,15-16,18-19H2,1-4H3. The van der Waals surface area contributed by atoms with Crippen molar-refractivity contribution in [2.75, 3.05) is 33.9 Å². The molecular formula is C33H37N3O7S. The molecule has 11 heteroatoms. The second-order valence-electron chi connectivity index (χ2n) is 10.7. The topological polar surface area (TPSA) is 107 Å². The molecule has 2 unspecified atom stereocenters. The number of aliphatic imine (C=N–C) groups is 1. The average Bonchev–Trinajstić information content (AvgIpc) is 3.44. The van der Waals surface area contributed by atoms with E-state index in [1.54, 1.807) is 39.0 Å². The Bertz CT molecular complexity index is 1500. The molecule has 5 rings (SSSR count). The molecule has 3 heterocycles. The molecule has 0 spiro atoms. The lowest BCUT2D eigenvalue weighted by atomic mass is 9.92. The van der Waals surface area contributed by atoms with Gasteiger partial charge in [0.1, 0.15) is 18.1 Å². The molecule has 0 aliphatic carbocycles. The predicted molar refractivity (Wildman–Crippen MR) is 167 cm³/mol. The van der Waals surface area contributed by atoms with Crippen molar-refractivity contribution in [3.8, 4) is 11.5 Å². The minimum absolute atomic E-state index is 0.0714. The Morgan fingerprint density at radius 2 is 1.84 bits per heavy atom. The molecule has 232 valence electrons. The monoisotopic (exact) mass is 619 g/mol. The highest BCUT2D eigenvalue weighted by Gasteiger charge is 2.43. The van der Waals surface area contributed by atoms with Gasteiger partial charge < -0.3 is 28.7 Å². The van der Waals surface area contributed by atoms with Crippen molar-refractivity contribution in [1.82, 2.24) is 9.80 Å². The van der Waals surface area contributed by atoms with Gasteiger partial charge in [0.25, 0.3) is 0 Å². The number of esters is 2. The first-order valence-electron chi connectivity index (χ1n) is 14.7. The van der Waals surface area contributed by atoms with Crippen molar-refractivity contribution in [1.29, 1.82) is 0 Å². The first-order valence-corrected chi connectivity index (χ1v) is 15.5. The Hall–Kier alpha value is -4.25. The van der Waals surface area contributed by atoms with Crippen LogP contribution in [0.4, 0.5) is 0 Å². The summed E-state index contributed by atoms with van der Waals surface area (Å²) in [7, 11) is 3.14. The number of hydrogen-bond donors (Lipinski definition) is 0. The number of piperidine rings is 1. The largest absolute Gasteiger partial charge is 0.497 e. The summed E-state index contributed by atoms with van der Waals surface area (Å²) in [5.74, 6) is -0.0867. The lowest BCUT2D eigenvalue weighted by Gasteiger charge is -2.37. The third-order valence-corrected chi connectivity index (χ3v) is 8.78. The molecule has 10 nitrogen and oxygen atoms in total. The molecule has 2 atom stereocenters. The molecular weight excluding hydrogens is 582 g/mol. The number of carbonyl (C=O) groups is 3. The SMILES string of the molecule is CCOC(=O)C1CCCN(C(=O)CC2=CSC3=NC(C)=C(C(=O)OCc4ccccc4)C(c4ccc(OC)cc4OC)N23)C1. The van der Waals surface area contributed by atoms with Gasteiger partial charge in [-0.15, -0.1) is 0 Å². The summed E-state index contributed by atoms with van der Waals surface area (Å²) in [5, 5.41) is 2.55. The normalized spacial score (nSPS) is 19.5. The van der Waals surface area contributed by atoms with E-state index in [9.17, 15) is 14.4 Å².